The van der Waals surface area contributed by atoms with Gasteiger partial charge in [-0.2, -0.15) is 0 Å². The number of methoxy groups -OCH3 is 1. The molecule has 2 amide bonds. The van der Waals surface area contributed by atoms with Crippen molar-refractivity contribution in [1.29, 1.82) is 0 Å². The summed E-state index contributed by atoms with van der Waals surface area (Å²) in [6.07, 6.45) is 2.31. The van der Waals surface area contributed by atoms with Crippen LogP contribution in [0.15, 0.2) is 103 Å². The molecule has 43 heavy (non-hydrogen) atoms. The van der Waals surface area contributed by atoms with Gasteiger partial charge in [-0.15, -0.1) is 0 Å². The number of hydrogen-bond acceptors (Lipinski definition) is 4. The number of carbonyl (C=O) groups is 3. The van der Waals surface area contributed by atoms with E-state index in [4.69, 9.17) is 4.74 Å². The number of H-pyrrole nitrogens is 1. The van der Waals surface area contributed by atoms with Gasteiger partial charge in [0.2, 0.25) is 0 Å². The molecule has 0 unspecified atom stereocenters. The van der Waals surface area contributed by atoms with Crippen LogP contribution in [0.3, 0.4) is 0 Å². The van der Waals surface area contributed by atoms with Crippen LogP contribution in [0.25, 0.3) is 22.0 Å². The average molecular weight is 576 g/mol. The lowest BCUT2D eigenvalue weighted by Gasteiger charge is -2.24. The van der Waals surface area contributed by atoms with Crippen LogP contribution in [0.2, 0.25) is 0 Å². The Kier molecular flexibility index (Phi) is 9.17. The molecule has 0 atom stereocenters. The second kappa shape index (κ2) is 13.5. The number of fused-ring (bicyclic) bond motifs is 1. The van der Waals surface area contributed by atoms with Crippen LogP contribution >= 0.6 is 0 Å². The molecule has 8 heteroatoms. The number of nitrogens with one attached hydrogen (secondary N) is 2. The van der Waals surface area contributed by atoms with E-state index in [1.807, 2.05) is 79.0 Å². The fraction of sp³-hybridized carbons (Fsp3) is 0.171. The van der Waals surface area contributed by atoms with Gasteiger partial charge >= 0.3 is 5.97 Å². The van der Waals surface area contributed by atoms with Crippen molar-refractivity contribution < 1.29 is 24.2 Å². The lowest BCUT2D eigenvalue weighted by atomic mass is 9.94. The monoisotopic (exact) mass is 575 g/mol. The molecule has 1 aromatic heterocycles. The number of hydrogen-bond donors (Lipinski definition) is 3. The molecule has 0 aliphatic carbocycles. The van der Waals surface area contributed by atoms with Crippen molar-refractivity contribution in [2.45, 2.75) is 19.4 Å². The van der Waals surface area contributed by atoms with E-state index in [1.165, 1.54) is 0 Å². The third kappa shape index (κ3) is 6.93. The van der Waals surface area contributed by atoms with Gasteiger partial charge in [0.05, 0.1) is 13.5 Å². The normalized spacial score (nSPS) is 10.8. The number of benzene rings is 4. The van der Waals surface area contributed by atoms with E-state index >= 15 is 0 Å². The molecule has 0 bridgehead atoms. The molecule has 1 heterocycles. The van der Waals surface area contributed by atoms with Crippen molar-refractivity contribution >= 4 is 28.7 Å². The lowest BCUT2D eigenvalue weighted by Crippen LogP contribution is -2.35. The first-order chi connectivity index (χ1) is 20.9. The van der Waals surface area contributed by atoms with Crippen molar-refractivity contribution in [1.82, 2.24) is 15.2 Å². The Morgan fingerprint density at radius 2 is 1.47 bits per heavy atom. The fourth-order valence-corrected chi connectivity index (χ4v) is 5.15. The van der Waals surface area contributed by atoms with Gasteiger partial charge in [-0.1, -0.05) is 66.7 Å². The zero-order valence-electron chi connectivity index (χ0n) is 23.9. The average Bonchev–Trinajstić information content (AvgIpc) is 3.46. The predicted octanol–water partition coefficient (Wildman–Crippen LogP) is 5.93. The van der Waals surface area contributed by atoms with Gasteiger partial charge in [-0.25, -0.2) is 0 Å². The van der Waals surface area contributed by atoms with Crippen LogP contribution in [-0.2, 0) is 17.8 Å². The Morgan fingerprint density at radius 1 is 0.814 bits per heavy atom. The molecule has 5 rings (SSSR count). The van der Waals surface area contributed by atoms with Gasteiger partial charge in [0, 0.05) is 47.9 Å². The maximum atomic E-state index is 14.0. The summed E-state index contributed by atoms with van der Waals surface area (Å²) >= 11 is 0. The van der Waals surface area contributed by atoms with E-state index in [9.17, 15) is 19.5 Å². The van der Waals surface area contributed by atoms with Crippen LogP contribution < -0.4 is 10.1 Å². The number of carboxylic acids is 1. The maximum Gasteiger partial charge on any atom is 0.305 e. The highest BCUT2D eigenvalue weighted by atomic mass is 16.5. The van der Waals surface area contributed by atoms with Crippen LogP contribution in [0.1, 0.15) is 38.3 Å². The Morgan fingerprint density at radius 3 is 2.19 bits per heavy atom. The smallest absolute Gasteiger partial charge is 0.305 e. The molecule has 218 valence electrons. The Labute approximate surface area is 249 Å². The van der Waals surface area contributed by atoms with Crippen LogP contribution in [0, 0.1) is 0 Å². The molecule has 3 N–H and O–H groups in total. The van der Waals surface area contributed by atoms with Crippen molar-refractivity contribution in [3.8, 4) is 16.9 Å². The molecular weight excluding hydrogens is 542 g/mol. The van der Waals surface area contributed by atoms with E-state index in [2.05, 4.69) is 10.3 Å². The summed E-state index contributed by atoms with van der Waals surface area (Å²) in [5.74, 6) is -0.793. The molecule has 4 aromatic carbocycles. The van der Waals surface area contributed by atoms with Crippen LogP contribution in [0.4, 0.5) is 0 Å². The summed E-state index contributed by atoms with van der Waals surface area (Å²) in [4.78, 5) is 43.7. The zero-order valence-corrected chi connectivity index (χ0v) is 23.9. The van der Waals surface area contributed by atoms with E-state index in [-0.39, 0.29) is 24.8 Å². The van der Waals surface area contributed by atoms with Gasteiger partial charge in [0.25, 0.3) is 11.8 Å². The van der Waals surface area contributed by atoms with Gasteiger partial charge in [-0.3, -0.25) is 14.4 Å². The molecule has 0 saturated heterocycles. The molecule has 5 aromatic rings. The standard InChI is InChI=1S/C35H33N3O5/c1-43-26-16-14-24(15-17-26)22-37-34(41)30-11-4-2-9-28(30)29-10-3-5-12-31(29)35(42)38(21-19-33(39)40)20-18-25-23-36-32-13-7-6-8-27(25)32/h2-17,23,36H,18-22H2,1H3,(H,37,41)(H,39,40). The number of carbonyl (C=O) groups excluding carboxylic acids is 2. The highest BCUT2D eigenvalue weighted by Crippen LogP contribution is 2.29. The topological polar surface area (TPSA) is 112 Å². The maximum absolute atomic E-state index is 14.0. The lowest BCUT2D eigenvalue weighted by molar-refractivity contribution is -0.137. The number of rotatable bonds is 12. The molecule has 0 spiro atoms. The van der Waals surface area contributed by atoms with Crippen molar-refractivity contribution in [2.75, 3.05) is 20.2 Å². The van der Waals surface area contributed by atoms with E-state index in [0.29, 0.717) is 41.8 Å². The Bertz CT molecular complexity index is 1740. The van der Waals surface area contributed by atoms with Gasteiger partial charge < -0.3 is 25.0 Å². The summed E-state index contributed by atoms with van der Waals surface area (Å²) in [5.41, 5.74) is 5.05. The minimum absolute atomic E-state index is 0.0643. The van der Waals surface area contributed by atoms with Gasteiger partial charge in [0.1, 0.15) is 5.75 Å². The van der Waals surface area contributed by atoms with Gasteiger partial charge in [0.15, 0.2) is 0 Å². The third-order valence-corrected chi connectivity index (χ3v) is 7.44. The first-order valence-corrected chi connectivity index (χ1v) is 14.1. The van der Waals surface area contributed by atoms with Crippen molar-refractivity contribution in [3.05, 3.63) is 126 Å². The largest absolute Gasteiger partial charge is 0.497 e. The number of aromatic amines is 1. The molecular formula is C35H33N3O5. The highest BCUT2D eigenvalue weighted by molar-refractivity contribution is 6.06. The van der Waals surface area contributed by atoms with E-state index in [1.54, 1.807) is 36.3 Å². The molecule has 0 saturated carbocycles. The van der Waals surface area contributed by atoms with Gasteiger partial charge in [-0.05, 0) is 59.0 Å². The molecule has 0 aliphatic heterocycles. The zero-order chi connectivity index (χ0) is 30.2. The molecule has 0 aliphatic rings. The fourth-order valence-electron chi connectivity index (χ4n) is 5.15. The SMILES string of the molecule is COc1ccc(CNC(=O)c2ccccc2-c2ccccc2C(=O)N(CCC(=O)O)CCc2c[nH]c3ccccc23)cc1. The molecule has 0 fully saturated rings. The van der Waals surface area contributed by atoms with Crippen LogP contribution in [0.5, 0.6) is 5.75 Å². The second-order valence-electron chi connectivity index (χ2n) is 10.2. The first kappa shape index (κ1) is 29.1. The highest BCUT2D eigenvalue weighted by Gasteiger charge is 2.23. The number of aromatic nitrogens is 1. The number of aliphatic carboxylic acids is 1. The summed E-state index contributed by atoms with van der Waals surface area (Å²) in [6.45, 7) is 0.732. The second-order valence-corrected chi connectivity index (χ2v) is 10.2. The van der Waals surface area contributed by atoms with Crippen molar-refractivity contribution in [3.63, 3.8) is 0 Å². The van der Waals surface area contributed by atoms with E-state index in [0.717, 1.165) is 27.8 Å². The molecule has 0 radical (unpaired) electrons. The minimum Gasteiger partial charge on any atom is -0.497 e. The minimum atomic E-state index is -0.975. The number of carboxylic acid groups (broad SMARTS) is 1. The Balaban J connectivity index is 1.39. The van der Waals surface area contributed by atoms with Crippen LogP contribution in [-0.4, -0.2) is 53.0 Å². The van der Waals surface area contributed by atoms with Crippen molar-refractivity contribution in [2.24, 2.45) is 0 Å². The number of ether oxygens (including phenoxy) is 1. The number of amides is 2. The summed E-state index contributed by atoms with van der Waals surface area (Å²) in [6, 6.07) is 29.7. The number of nitrogens with zero attached hydrogens (tertiary/aromatic N) is 1. The quantitative estimate of drug-likeness (QED) is 0.171. The predicted molar refractivity (Wildman–Crippen MR) is 166 cm³/mol. The number of para-hydroxylation sites is 1. The van der Waals surface area contributed by atoms with E-state index < -0.39 is 5.97 Å². The first-order valence-electron chi connectivity index (χ1n) is 14.1. The summed E-state index contributed by atoms with van der Waals surface area (Å²) in [5, 5.41) is 13.5. The summed E-state index contributed by atoms with van der Waals surface area (Å²) < 4.78 is 5.21. The summed E-state index contributed by atoms with van der Waals surface area (Å²) in [7, 11) is 1.60. The third-order valence-electron chi connectivity index (χ3n) is 7.44. The molecule has 8 nitrogen and oxygen atoms in total. The Hall–Kier alpha value is -5.37.